The van der Waals surface area contributed by atoms with Gasteiger partial charge in [0.1, 0.15) is 0 Å². The van der Waals surface area contributed by atoms with Gasteiger partial charge in [-0.15, -0.1) is 11.8 Å². The third-order valence-corrected chi connectivity index (χ3v) is 4.98. The molecule has 0 fully saturated rings. The van der Waals surface area contributed by atoms with E-state index in [9.17, 15) is 0 Å². The van der Waals surface area contributed by atoms with Crippen LogP contribution in [0.2, 0.25) is 0 Å². The molecule has 1 heterocycles. The normalized spacial score (nSPS) is 16.2. The number of rotatable bonds is 5. The average molecular weight is 264 g/mol. The lowest BCUT2D eigenvalue weighted by molar-refractivity contribution is 0.521. The summed E-state index contributed by atoms with van der Waals surface area (Å²) in [4.78, 5) is 3.82. The van der Waals surface area contributed by atoms with Gasteiger partial charge in [0.2, 0.25) is 0 Å². The van der Waals surface area contributed by atoms with E-state index in [0.717, 1.165) is 19.5 Å². The first-order valence-corrected chi connectivity index (χ1v) is 7.90. The molecular formula is C15H24N2S. The fourth-order valence-electron chi connectivity index (χ4n) is 2.45. The van der Waals surface area contributed by atoms with Crippen molar-refractivity contribution in [2.45, 2.75) is 31.1 Å². The Labute approximate surface area is 115 Å². The van der Waals surface area contributed by atoms with Crippen LogP contribution in [0.3, 0.4) is 0 Å². The molecule has 3 heteroatoms. The van der Waals surface area contributed by atoms with Crippen molar-refractivity contribution in [1.82, 2.24) is 0 Å². The van der Waals surface area contributed by atoms with E-state index in [0.29, 0.717) is 5.92 Å². The van der Waals surface area contributed by atoms with Crippen LogP contribution in [0.25, 0.3) is 0 Å². The van der Waals surface area contributed by atoms with E-state index in [4.69, 9.17) is 5.73 Å². The summed E-state index contributed by atoms with van der Waals surface area (Å²) >= 11 is 1.99. The molecule has 0 spiro atoms. The predicted molar refractivity (Wildman–Crippen MR) is 81.6 cm³/mol. The van der Waals surface area contributed by atoms with Crippen LogP contribution in [0.4, 0.5) is 5.69 Å². The van der Waals surface area contributed by atoms with Gasteiger partial charge in [0.15, 0.2) is 0 Å². The van der Waals surface area contributed by atoms with Crippen molar-refractivity contribution in [3.63, 3.8) is 0 Å². The van der Waals surface area contributed by atoms with Crippen molar-refractivity contribution >= 4 is 17.4 Å². The van der Waals surface area contributed by atoms with Gasteiger partial charge < -0.3 is 10.6 Å². The molecule has 1 aliphatic heterocycles. The second-order valence-electron chi connectivity index (χ2n) is 5.13. The zero-order valence-electron chi connectivity index (χ0n) is 11.5. The van der Waals surface area contributed by atoms with E-state index in [2.05, 4.69) is 37.1 Å². The number of hydrogen-bond donors (Lipinski definition) is 1. The van der Waals surface area contributed by atoms with Gasteiger partial charge in [-0.05, 0) is 54.8 Å². The summed E-state index contributed by atoms with van der Waals surface area (Å²) in [6.07, 6.45) is 3.70. The second-order valence-corrected chi connectivity index (χ2v) is 6.27. The third-order valence-electron chi connectivity index (χ3n) is 3.78. The van der Waals surface area contributed by atoms with Crippen LogP contribution in [0.1, 0.15) is 25.3 Å². The summed E-state index contributed by atoms with van der Waals surface area (Å²) in [5, 5.41) is 0. The Hall–Kier alpha value is -0.670. The van der Waals surface area contributed by atoms with E-state index in [1.54, 1.807) is 0 Å². The van der Waals surface area contributed by atoms with E-state index in [1.165, 1.54) is 34.7 Å². The molecule has 1 atom stereocenters. The van der Waals surface area contributed by atoms with Crippen LogP contribution in [0, 0.1) is 5.92 Å². The standard InChI is InChI=1S/C15H24N2S/c1-3-12(10-16)11-17(2)14-6-7-15-13(9-14)5-4-8-18-15/h6-7,9,12H,3-5,8,10-11,16H2,1-2H3. The molecule has 2 N–H and O–H groups in total. The topological polar surface area (TPSA) is 29.3 Å². The number of nitrogens with two attached hydrogens (primary N) is 1. The molecule has 1 aromatic rings. The van der Waals surface area contributed by atoms with Gasteiger partial charge in [-0.3, -0.25) is 0 Å². The molecule has 1 aliphatic rings. The molecule has 0 saturated carbocycles. The Balaban J connectivity index is 2.08. The van der Waals surface area contributed by atoms with Gasteiger partial charge in [-0.25, -0.2) is 0 Å². The van der Waals surface area contributed by atoms with Gasteiger partial charge in [-0.1, -0.05) is 13.3 Å². The molecule has 1 unspecified atom stereocenters. The van der Waals surface area contributed by atoms with E-state index in [-0.39, 0.29) is 0 Å². The summed E-state index contributed by atoms with van der Waals surface area (Å²) in [6, 6.07) is 6.90. The Bertz CT molecular complexity index is 388. The summed E-state index contributed by atoms with van der Waals surface area (Å²) in [5.41, 5.74) is 8.65. The molecule has 1 aromatic carbocycles. The fraction of sp³-hybridized carbons (Fsp3) is 0.600. The summed E-state index contributed by atoms with van der Waals surface area (Å²) in [5.74, 6) is 1.87. The highest BCUT2D eigenvalue weighted by Crippen LogP contribution is 2.32. The first-order chi connectivity index (χ1) is 8.74. The third kappa shape index (κ3) is 3.21. The molecule has 0 amide bonds. The number of benzene rings is 1. The Kier molecular flexibility index (Phi) is 4.95. The van der Waals surface area contributed by atoms with Gasteiger partial charge in [0.25, 0.3) is 0 Å². The van der Waals surface area contributed by atoms with Crippen LogP contribution < -0.4 is 10.6 Å². The van der Waals surface area contributed by atoms with Crippen LogP contribution in [-0.4, -0.2) is 25.9 Å². The number of hydrogen-bond acceptors (Lipinski definition) is 3. The molecular weight excluding hydrogens is 240 g/mol. The second kappa shape index (κ2) is 6.48. The summed E-state index contributed by atoms with van der Waals surface area (Å²) in [6.45, 7) is 4.05. The maximum Gasteiger partial charge on any atom is 0.0367 e. The van der Waals surface area contributed by atoms with Gasteiger partial charge in [-0.2, -0.15) is 0 Å². The molecule has 0 saturated heterocycles. The molecule has 18 heavy (non-hydrogen) atoms. The maximum absolute atomic E-state index is 5.79. The van der Waals surface area contributed by atoms with Gasteiger partial charge in [0, 0.05) is 24.2 Å². The molecule has 2 rings (SSSR count). The predicted octanol–water partition coefficient (Wildman–Crippen LogP) is 3.15. The molecule has 0 aliphatic carbocycles. The van der Waals surface area contributed by atoms with E-state index < -0.39 is 0 Å². The van der Waals surface area contributed by atoms with Crippen molar-refractivity contribution in [3.05, 3.63) is 23.8 Å². The van der Waals surface area contributed by atoms with Crippen molar-refractivity contribution in [2.75, 3.05) is 30.8 Å². The number of fused-ring (bicyclic) bond motifs is 1. The molecule has 0 aromatic heterocycles. The minimum atomic E-state index is 0.598. The highest BCUT2D eigenvalue weighted by Gasteiger charge is 2.13. The Morgan fingerprint density at radius 1 is 1.44 bits per heavy atom. The number of anilines is 1. The minimum absolute atomic E-state index is 0.598. The first-order valence-electron chi connectivity index (χ1n) is 6.91. The van der Waals surface area contributed by atoms with Crippen LogP contribution in [0.5, 0.6) is 0 Å². The minimum Gasteiger partial charge on any atom is -0.374 e. The van der Waals surface area contributed by atoms with Crippen molar-refractivity contribution in [1.29, 1.82) is 0 Å². The number of aryl methyl sites for hydroxylation is 1. The zero-order valence-corrected chi connectivity index (χ0v) is 12.3. The highest BCUT2D eigenvalue weighted by molar-refractivity contribution is 7.99. The number of nitrogens with zero attached hydrogens (tertiary/aromatic N) is 1. The average Bonchev–Trinajstić information content (AvgIpc) is 2.44. The smallest absolute Gasteiger partial charge is 0.0367 e. The van der Waals surface area contributed by atoms with Crippen molar-refractivity contribution < 1.29 is 0 Å². The monoisotopic (exact) mass is 264 g/mol. The molecule has 2 nitrogen and oxygen atoms in total. The highest BCUT2D eigenvalue weighted by atomic mass is 32.2. The van der Waals surface area contributed by atoms with Crippen LogP contribution in [0.15, 0.2) is 23.1 Å². The largest absolute Gasteiger partial charge is 0.374 e. The van der Waals surface area contributed by atoms with Crippen LogP contribution in [-0.2, 0) is 6.42 Å². The maximum atomic E-state index is 5.79. The zero-order chi connectivity index (χ0) is 13.0. The summed E-state index contributed by atoms with van der Waals surface area (Å²) in [7, 11) is 2.18. The molecule has 0 bridgehead atoms. The lowest BCUT2D eigenvalue weighted by atomic mass is 10.1. The van der Waals surface area contributed by atoms with Gasteiger partial charge >= 0.3 is 0 Å². The Morgan fingerprint density at radius 3 is 3.00 bits per heavy atom. The van der Waals surface area contributed by atoms with Crippen molar-refractivity contribution in [3.8, 4) is 0 Å². The first kappa shape index (κ1) is 13.8. The Morgan fingerprint density at radius 2 is 2.28 bits per heavy atom. The van der Waals surface area contributed by atoms with Crippen molar-refractivity contribution in [2.24, 2.45) is 11.7 Å². The lowest BCUT2D eigenvalue weighted by Crippen LogP contribution is -2.29. The summed E-state index contributed by atoms with van der Waals surface area (Å²) < 4.78 is 0. The number of thioether (sulfide) groups is 1. The fourth-order valence-corrected chi connectivity index (χ4v) is 3.47. The SMILES string of the molecule is CCC(CN)CN(C)c1ccc2c(c1)CCCS2. The quantitative estimate of drug-likeness (QED) is 0.886. The van der Waals surface area contributed by atoms with E-state index >= 15 is 0 Å². The lowest BCUT2D eigenvalue weighted by Gasteiger charge is -2.26. The molecule has 100 valence electrons. The van der Waals surface area contributed by atoms with E-state index in [1.807, 2.05) is 11.8 Å². The molecule has 0 radical (unpaired) electrons. The van der Waals surface area contributed by atoms with Gasteiger partial charge in [0.05, 0.1) is 0 Å². The van der Waals surface area contributed by atoms with Crippen LogP contribution >= 0.6 is 11.8 Å².